The van der Waals surface area contributed by atoms with Gasteiger partial charge in [-0.2, -0.15) is 5.10 Å². The highest BCUT2D eigenvalue weighted by Crippen LogP contribution is 2.39. The van der Waals surface area contributed by atoms with E-state index in [-0.39, 0.29) is 5.56 Å². The molecule has 144 valence electrons. The summed E-state index contributed by atoms with van der Waals surface area (Å²) in [6, 6.07) is 7.26. The first kappa shape index (κ1) is 19.3. The summed E-state index contributed by atoms with van der Waals surface area (Å²) in [5, 5.41) is 11.2. The standard InChI is InChI=1S/C18H19ClF2N4O2/c1-25-10-13(15(23-25)16(20)21)17(26)22-18(7-8-18)14(24-27-2)9-11-3-5-12(19)6-4-11/h3-6,10,16H,7-9H2,1-2H3,(H,22,26)/b24-14-. The maximum absolute atomic E-state index is 13.1. The highest BCUT2D eigenvalue weighted by atomic mass is 35.5. The first-order valence-electron chi connectivity index (χ1n) is 8.34. The molecule has 0 radical (unpaired) electrons. The Hall–Kier alpha value is -2.48. The molecule has 0 unspecified atom stereocenters. The third-order valence-electron chi connectivity index (χ3n) is 4.45. The molecule has 1 aromatic carbocycles. The minimum atomic E-state index is -2.83. The second kappa shape index (κ2) is 7.64. The van der Waals surface area contributed by atoms with E-state index in [1.54, 1.807) is 12.1 Å². The fraction of sp³-hybridized carbons (Fsp3) is 0.389. The number of carbonyl (C=O) groups excluding carboxylic acids is 1. The Balaban J connectivity index is 1.81. The van der Waals surface area contributed by atoms with Crippen molar-refractivity contribution in [1.29, 1.82) is 0 Å². The van der Waals surface area contributed by atoms with E-state index < -0.39 is 23.6 Å². The van der Waals surface area contributed by atoms with Crippen molar-refractivity contribution < 1.29 is 18.4 Å². The van der Waals surface area contributed by atoms with Crippen LogP contribution in [0.4, 0.5) is 8.78 Å². The van der Waals surface area contributed by atoms with Crippen LogP contribution >= 0.6 is 11.6 Å². The number of rotatable bonds is 7. The molecule has 1 aliphatic carbocycles. The molecule has 0 bridgehead atoms. The number of aryl methyl sites for hydroxylation is 1. The molecule has 2 aromatic rings. The summed E-state index contributed by atoms with van der Waals surface area (Å²) in [6.07, 6.45) is 0.208. The summed E-state index contributed by atoms with van der Waals surface area (Å²) < 4.78 is 27.5. The lowest BCUT2D eigenvalue weighted by Crippen LogP contribution is -2.44. The number of amides is 1. The van der Waals surface area contributed by atoms with Gasteiger partial charge in [-0.3, -0.25) is 9.48 Å². The van der Waals surface area contributed by atoms with Gasteiger partial charge in [0.2, 0.25) is 0 Å². The number of nitrogens with zero attached hydrogens (tertiary/aromatic N) is 3. The molecule has 1 fully saturated rings. The highest BCUT2D eigenvalue weighted by Gasteiger charge is 2.49. The number of aromatic nitrogens is 2. The zero-order valence-corrected chi connectivity index (χ0v) is 15.6. The molecule has 27 heavy (non-hydrogen) atoms. The van der Waals surface area contributed by atoms with E-state index in [0.717, 1.165) is 5.56 Å². The van der Waals surface area contributed by atoms with Crippen LogP contribution < -0.4 is 5.32 Å². The molecule has 1 aliphatic rings. The van der Waals surface area contributed by atoms with Crippen molar-refractivity contribution in [2.45, 2.75) is 31.2 Å². The van der Waals surface area contributed by atoms with Gasteiger partial charge in [0.25, 0.3) is 12.3 Å². The SMILES string of the molecule is CO/N=C(/Cc1ccc(Cl)cc1)C1(NC(=O)c2cn(C)nc2C(F)F)CC1. The topological polar surface area (TPSA) is 68.5 Å². The molecule has 9 heteroatoms. The Bertz CT molecular complexity index is 861. The quantitative estimate of drug-likeness (QED) is 0.575. The normalized spacial score (nSPS) is 15.7. The molecular formula is C18H19ClF2N4O2. The van der Waals surface area contributed by atoms with E-state index in [0.29, 0.717) is 30.0 Å². The Morgan fingerprint density at radius 3 is 2.63 bits per heavy atom. The maximum atomic E-state index is 13.1. The number of hydrogen-bond donors (Lipinski definition) is 1. The summed E-state index contributed by atoms with van der Waals surface area (Å²) in [5.74, 6) is -0.601. The fourth-order valence-corrected chi connectivity index (χ4v) is 3.06. The van der Waals surface area contributed by atoms with E-state index in [2.05, 4.69) is 15.6 Å². The zero-order valence-electron chi connectivity index (χ0n) is 14.9. The second-order valence-corrected chi connectivity index (χ2v) is 6.90. The lowest BCUT2D eigenvalue weighted by molar-refractivity contribution is 0.0927. The number of hydrogen-bond acceptors (Lipinski definition) is 4. The average molecular weight is 397 g/mol. The molecule has 3 rings (SSSR count). The fourth-order valence-electron chi connectivity index (χ4n) is 2.93. The number of nitrogens with one attached hydrogen (secondary N) is 1. The number of oxime groups is 1. The van der Waals surface area contributed by atoms with Gasteiger partial charge in [-0.15, -0.1) is 0 Å². The van der Waals surface area contributed by atoms with Gasteiger partial charge in [0.05, 0.1) is 16.8 Å². The maximum Gasteiger partial charge on any atom is 0.282 e. The molecular weight excluding hydrogens is 378 g/mol. The van der Waals surface area contributed by atoms with Crippen molar-refractivity contribution in [2.75, 3.05) is 7.11 Å². The van der Waals surface area contributed by atoms with Crippen LogP contribution in [0.2, 0.25) is 5.02 Å². The summed E-state index contributed by atoms with van der Waals surface area (Å²) in [5.41, 5.74) is 0.200. The van der Waals surface area contributed by atoms with Crippen LogP contribution in [-0.4, -0.2) is 34.0 Å². The van der Waals surface area contributed by atoms with Crippen LogP contribution in [0.1, 0.15) is 40.9 Å². The number of carbonyl (C=O) groups is 1. The van der Waals surface area contributed by atoms with E-state index in [1.807, 2.05) is 12.1 Å². The van der Waals surface area contributed by atoms with Crippen LogP contribution in [0, 0.1) is 0 Å². The van der Waals surface area contributed by atoms with Crippen LogP contribution in [-0.2, 0) is 18.3 Å². The van der Waals surface area contributed by atoms with Gasteiger partial charge in [0.15, 0.2) is 0 Å². The van der Waals surface area contributed by atoms with Crippen molar-refractivity contribution in [3.63, 3.8) is 0 Å². The van der Waals surface area contributed by atoms with E-state index in [9.17, 15) is 13.6 Å². The predicted octanol–water partition coefficient (Wildman–Crippen LogP) is 3.52. The van der Waals surface area contributed by atoms with Gasteiger partial charge >= 0.3 is 0 Å². The monoisotopic (exact) mass is 396 g/mol. The van der Waals surface area contributed by atoms with Crippen LogP contribution in [0.25, 0.3) is 0 Å². The second-order valence-electron chi connectivity index (χ2n) is 6.46. The van der Waals surface area contributed by atoms with Crippen LogP contribution in [0.15, 0.2) is 35.6 Å². The van der Waals surface area contributed by atoms with Crippen molar-refractivity contribution in [1.82, 2.24) is 15.1 Å². The lowest BCUT2D eigenvalue weighted by Gasteiger charge is -2.19. The van der Waals surface area contributed by atoms with Crippen molar-refractivity contribution >= 4 is 23.2 Å². The molecule has 1 N–H and O–H groups in total. The Kier molecular flexibility index (Phi) is 5.46. The van der Waals surface area contributed by atoms with Crippen molar-refractivity contribution in [3.05, 3.63) is 52.3 Å². The predicted molar refractivity (Wildman–Crippen MR) is 97.2 cm³/mol. The first-order chi connectivity index (χ1) is 12.8. The lowest BCUT2D eigenvalue weighted by atomic mass is 10.0. The molecule has 0 atom stereocenters. The summed E-state index contributed by atoms with van der Waals surface area (Å²) in [6.45, 7) is 0. The number of benzene rings is 1. The molecule has 1 saturated carbocycles. The largest absolute Gasteiger partial charge is 0.399 e. The Morgan fingerprint density at radius 1 is 1.41 bits per heavy atom. The van der Waals surface area contributed by atoms with E-state index >= 15 is 0 Å². The summed E-state index contributed by atoms with van der Waals surface area (Å²) in [4.78, 5) is 17.6. The Labute approximate surface area is 160 Å². The molecule has 0 spiro atoms. The Morgan fingerprint density at radius 2 is 2.07 bits per heavy atom. The van der Waals surface area contributed by atoms with E-state index in [1.165, 1.54) is 25.0 Å². The smallest absolute Gasteiger partial charge is 0.282 e. The van der Waals surface area contributed by atoms with Gasteiger partial charge in [0, 0.05) is 24.7 Å². The third kappa shape index (κ3) is 4.27. The van der Waals surface area contributed by atoms with Gasteiger partial charge in [-0.1, -0.05) is 28.9 Å². The molecule has 0 saturated heterocycles. The number of alkyl halides is 2. The van der Waals surface area contributed by atoms with Crippen LogP contribution in [0.3, 0.4) is 0 Å². The van der Waals surface area contributed by atoms with Gasteiger partial charge in [-0.05, 0) is 30.5 Å². The molecule has 1 aromatic heterocycles. The van der Waals surface area contributed by atoms with Crippen LogP contribution in [0.5, 0.6) is 0 Å². The molecule has 6 nitrogen and oxygen atoms in total. The van der Waals surface area contributed by atoms with Gasteiger partial charge < -0.3 is 10.2 Å². The zero-order chi connectivity index (χ0) is 19.6. The highest BCUT2D eigenvalue weighted by molar-refractivity contribution is 6.30. The molecule has 1 heterocycles. The van der Waals surface area contributed by atoms with Crippen molar-refractivity contribution in [2.24, 2.45) is 12.2 Å². The average Bonchev–Trinajstić information content (AvgIpc) is 3.28. The first-order valence-corrected chi connectivity index (χ1v) is 8.71. The third-order valence-corrected chi connectivity index (χ3v) is 4.70. The molecule has 1 amide bonds. The molecule has 0 aliphatic heterocycles. The minimum absolute atomic E-state index is 0.137. The van der Waals surface area contributed by atoms with Gasteiger partial charge in [-0.25, -0.2) is 8.78 Å². The van der Waals surface area contributed by atoms with Crippen molar-refractivity contribution in [3.8, 4) is 0 Å². The minimum Gasteiger partial charge on any atom is -0.399 e. The number of halogens is 3. The van der Waals surface area contributed by atoms with E-state index in [4.69, 9.17) is 16.4 Å². The summed E-state index contributed by atoms with van der Waals surface area (Å²) >= 11 is 5.91. The summed E-state index contributed by atoms with van der Waals surface area (Å²) in [7, 11) is 2.92. The van der Waals surface area contributed by atoms with Gasteiger partial charge in [0.1, 0.15) is 12.8 Å².